The molecule has 3 heterocycles. The lowest BCUT2D eigenvalue weighted by atomic mass is 9.78. The molecule has 6 rings (SSSR count). The van der Waals surface area contributed by atoms with Crippen LogP contribution in [0.1, 0.15) is 82.4 Å². The monoisotopic (exact) mass is 481 g/mol. The first-order chi connectivity index (χ1) is 17.7. The van der Waals surface area contributed by atoms with Crippen molar-refractivity contribution in [1.29, 1.82) is 0 Å². The number of hydrogen-bond acceptors (Lipinski definition) is 4. The topological polar surface area (TPSA) is 89.1 Å². The molecule has 0 unspecified atom stereocenters. The van der Waals surface area contributed by atoms with Gasteiger partial charge in [-0.15, -0.1) is 0 Å². The van der Waals surface area contributed by atoms with Gasteiger partial charge in [-0.3, -0.25) is 9.20 Å². The number of nitrogen functional groups attached to an aromatic ring is 1. The zero-order chi connectivity index (χ0) is 24.5. The van der Waals surface area contributed by atoms with Gasteiger partial charge in [0.05, 0.1) is 5.69 Å². The molecule has 3 aromatic heterocycles. The number of aromatic amines is 1. The highest BCUT2D eigenvalue weighted by Gasteiger charge is 2.30. The van der Waals surface area contributed by atoms with Crippen LogP contribution in [0.3, 0.4) is 0 Å². The summed E-state index contributed by atoms with van der Waals surface area (Å²) < 4.78 is 2.12. The Balaban J connectivity index is 1.17. The third-order valence-electron chi connectivity index (χ3n) is 8.25. The van der Waals surface area contributed by atoms with E-state index >= 15 is 0 Å². The van der Waals surface area contributed by atoms with Crippen molar-refractivity contribution < 1.29 is 4.79 Å². The highest BCUT2D eigenvalue weighted by molar-refractivity contribution is 5.91. The molecule has 3 N–H and O–H groups in total. The average Bonchev–Trinajstić information content (AvgIpc) is 3.52. The van der Waals surface area contributed by atoms with E-state index < -0.39 is 0 Å². The van der Waals surface area contributed by atoms with Gasteiger partial charge in [-0.25, -0.2) is 9.97 Å². The van der Waals surface area contributed by atoms with Crippen LogP contribution in [0.25, 0.3) is 27.8 Å². The normalized spacial score (nSPS) is 20.6. The number of hydrogen-bond donors (Lipinski definition) is 2. The fourth-order valence-electron chi connectivity index (χ4n) is 6.26. The van der Waals surface area contributed by atoms with Gasteiger partial charge >= 0.3 is 0 Å². The number of Topliss-reactive ketones (excluding diaryl/α,β-unsaturated/α-hetero) is 1. The lowest BCUT2D eigenvalue weighted by molar-refractivity contribution is -0.124. The Bertz CT molecular complexity index is 1390. The fourth-order valence-corrected chi connectivity index (χ4v) is 6.26. The molecule has 1 aromatic carbocycles. The van der Waals surface area contributed by atoms with E-state index in [0.717, 1.165) is 78.6 Å². The summed E-state index contributed by atoms with van der Waals surface area (Å²) in [6.07, 6.45) is 17.9. The molecule has 2 aliphatic rings. The molecular formula is C30H35N5O. The van der Waals surface area contributed by atoms with Gasteiger partial charge in [0.2, 0.25) is 0 Å². The van der Waals surface area contributed by atoms with Gasteiger partial charge in [0.1, 0.15) is 28.6 Å². The Hall–Kier alpha value is -3.41. The third kappa shape index (κ3) is 4.45. The first-order valence-electron chi connectivity index (χ1n) is 13.6. The number of carbonyl (C=O) groups is 1. The van der Waals surface area contributed by atoms with E-state index in [9.17, 15) is 4.79 Å². The van der Waals surface area contributed by atoms with E-state index in [-0.39, 0.29) is 5.92 Å². The SMILES string of the molecule is Nc1nccn2c(C3CCC(C(=O)CCCC4=CCCCC4)CC3)nc(-c3cc4ccccc4[nH]3)c12. The van der Waals surface area contributed by atoms with Gasteiger partial charge in [0.25, 0.3) is 0 Å². The number of ketones is 1. The van der Waals surface area contributed by atoms with Crippen molar-refractivity contribution >= 4 is 28.0 Å². The van der Waals surface area contributed by atoms with Crippen LogP contribution >= 0.6 is 0 Å². The number of fused-ring (bicyclic) bond motifs is 2. The predicted octanol–water partition coefficient (Wildman–Crippen LogP) is 6.97. The molecule has 36 heavy (non-hydrogen) atoms. The van der Waals surface area contributed by atoms with Gasteiger partial charge in [0.15, 0.2) is 0 Å². The highest BCUT2D eigenvalue weighted by Crippen LogP contribution is 2.39. The minimum Gasteiger partial charge on any atom is -0.382 e. The molecule has 1 fully saturated rings. The minimum absolute atomic E-state index is 0.202. The molecule has 0 bridgehead atoms. The molecule has 2 aliphatic carbocycles. The number of nitrogens with one attached hydrogen (secondary N) is 1. The van der Waals surface area contributed by atoms with Crippen molar-refractivity contribution in [3.63, 3.8) is 0 Å². The van der Waals surface area contributed by atoms with Gasteiger partial charge < -0.3 is 10.7 Å². The van der Waals surface area contributed by atoms with Gasteiger partial charge in [-0.05, 0) is 76.3 Å². The van der Waals surface area contributed by atoms with Crippen molar-refractivity contribution in [1.82, 2.24) is 19.4 Å². The van der Waals surface area contributed by atoms with Crippen molar-refractivity contribution in [2.75, 3.05) is 5.73 Å². The van der Waals surface area contributed by atoms with Crippen LogP contribution in [0, 0.1) is 5.92 Å². The van der Waals surface area contributed by atoms with Crippen molar-refractivity contribution in [3.05, 3.63) is 60.2 Å². The minimum atomic E-state index is 0.202. The highest BCUT2D eigenvalue weighted by atomic mass is 16.1. The molecule has 186 valence electrons. The fraction of sp³-hybridized carbons (Fsp3) is 0.433. The van der Waals surface area contributed by atoms with Crippen LogP contribution < -0.4 is 5.73 Å². The number of H-pyrrole nitrogens is 1. The summed E-state index contributed by atoms with van der Waals surface area (Å²) in [7, 11) is 0. The standard InChI is InChI=1S/C30H35N5O/c31-29-28-27(25-19-23-10-4-5-11-24(23)33-25)34-30(35(28)18-17-32-29)22-15-13-21(14-16-22)26(36)12-6-9-20-7-2-1-3-8-20/h4-5,7,10-11,17-19,21-22,33H,1-3,6,8-9,12-16H2,(H2,31,32). The van der Waals surface area contributed by atoms with Crippen molar-refractivity contribution in [2.45, 2.75) is 76.5 Å². The zero-order valence-electron chi connectivity index (χ0n) is 20.9. The second kappa shape index (κ2) is 9.92. The lowest BCUT2D eigenvalue weighted by Gasteiger charge is -2.27. The number of allylic oxidation sites excluding steroid dienone is 2. The molecule has 6 nitrogen and oxygen atoms in total. The summed E-state index contributed by atoms with van der Waals surface area (Å²) in [6, 6.07) is 10.4. The quantitative estimate of drug-likeness (QED) is 0.279. The number of benzene rings is 1. The molecule has 0 spiro atoms. The Morgan fingerprint density at radius 3 is 2.81 bits per heavy atom. The van der Waals surface area contributed by atoms with Gasteiger partial charge in [-0.1, -0.05) is 29.8 Å². The smallest absolute Gasteiger partial charge is 0.150 e. The van der Waals surface area contributed by atoms with E-state index in [1.807, 2.05) is 18.3 Å². The molecule has 0 radical (unpaired) electrons. The number of aromatic nitrogens is 4. The number of anilines is 1. The number of nitrogens with zero attached hydrogens (tertiary/aromatic N) is 3. The molecule has 6 heteroatoms. The number of nitrogens with two attached hydrogens (primary N) is 1. The van der Waals surface area contributed by atoms with Crippen LogP contribution in [0.2, 0.25) is 0 Å². The van der Waals surface area contributed by atoms with E-state index in [1.165, 1.54) is 25.7 Å². The van der Waals surface area contributed by atoms with Gasteiger partial charge in [0, 0.05) is 41.6 Å². The van der Waals surface area contributed by atoms with E-state index in [4.69, 9.17) is 10.7 Å². The molecule has 1 saturated carbocycles. The Kier molecular flexibility index (Phi) is 6.34. The van der Waals surface area contributed by atoms with Crippen LogP contribution in [-0.2, 0) is 4.79 Å². The number of imidazole rings is 1. The molecule has 4 aromatic rings. The summed E-state index contributed by atoms with van der Waals surface area (Å²) >= 11 is 0. The maximum absolute atomic E-state index is 12.9. The summed E-state index contributed by atoms with van der Waals surface area (Å²) in [6.45, 7) is 0. The largest absolute Gasteiger partial charge is 0.382 e. The first kappa shape index (κ1) is 23.0. The van der Waals surface area contributed by atoms with Crippen LogP contribution in [0.4, 0.5) is 5.82 Å². The predicted molar refractivity (Wildman–Crippen MR) is 145 cm³/mol. The molecule has 0 atom stereocenters. The number of carbonyl (C=O) groups excluding carboxylic acids is 1. The zero-order valence-corrected chi connectivity index (χ0v) is 20.9. The maximum Gasteiger partial charge on any atom is 0.150 e. The number of para-hydroxylation sites is 1. The Labute approximate surface area is 212 Å². The Morgan fingerprint density at radius 2 is 2.00 bits per heavy atom. The average molecular weight is 482 g/mol. The van der Waals surface area contributed by atoms with E-state index in [1.54, 1.807) is 11.8 Å². The summed E-state index contributed by atoms with van der Waals surface area (Å²) in [5.74, 6) is 2.50. The van der Waals surface area contributed by atoms with Crippen molar-refractivity contribution in [3.8, 4) is 11.4 Å². The molecular weight excluding hydrogens is 446 g/mol. The number of rotatable bonds is 7. The molecule has 0 amide bonds. The second-order valence-electron chi connectivity index (χ2n) is 10.6. The summed E-state index contributed by atoms with van der Waals surface area (Å²) in [4.78, 5) is 25.9. The molecule has 0 saturated heterocycles. The van der Waals surface area contributed by atoms with Crippen molar-refractivity contribution in [2.24, 2.45) is 5.92 Å². The van der Waals surface area contributed by atoms with Crippen LogP contribution in [-0.4, -0.2) is 25.1 Å². The summed E-state index contributed by atoms with van der Waals surface area (Å²) in [5.41, 5.74) is 11.7. The third-order valence-corrected chi connectivity index (χ3v) is 8.25. The molecule has 0 aliphatic heterocycles. The maximum atomic E-state index is 12.9. The van der Waals surface area contributed by atoms with E-state index in [2.05, 4.69) is 38.6 Å². The second-order valence-corrected chi connectivity index (χ2v) is 10.6. The van der Waals surface area contributed by atoms with Gasteiger partial charge in [-0.2, -0.15) is 0 Å². The van der Waals surface area contributed by atoms with E-state index in [0.29, 0.717) is 17.5 Å². The Morgan fingerprint density at radius 1 is 1.14 bits per heavy atom. The lowest BCUT2D eigenvalue weighted by Crippen LogP contribution is -2.22. The first-order valence-corrected chi connectivity index (χ1v) is 13.6. The van der Waals surface area contributed by atoms with Crippen LogP contribution in [0.15, 0.2) is 54.4 Å². The van der Waals surface area contributed by atoms with Crippen LogP contribution in [0.5, 0.6) is 0 Å². The summed E-state index contributed by atoms with van der Waals surface area (Å²) in [5, 5.41) is 1.15.